The number of likely N-dealkylation sites (N-methyl/N-ethyl adjacent to an activating group) is 1. The molecule has 2 aliphatic rings. The molecule has 0 saturated heterocycles. The van der Waals surface area contributed by atoms with Crippen LogP contribution in [0, 0.1) is 11.8 Å². The molecule has 0 aromatic heterocycles. The third-order valence-corrected chi connectivity index (χ3v) is 10.3. The molecule has 0 spiro atoms. The maximum absolute atomic E-state index is 4.42. The number of benzene rings is 2. The molecule has 0 bridgehead atoms. The summed E-state index contributed by atoms with van der Waals surface area (Å²) < 4.78 is 0. The Morgan fingerprint density at radius 2 is 1.73 bits per heavy atom. The molecule has 0 fully saturated rings. The predicted molar refractivity (Wildman–Crippen MR) is 212 cm³/mol. The smallest absolute Gasteiger partial charge is 0.0354 e. The number of hydrogen-bond donors (Lipinski definition) is 1. The monoisotopic (exact) mass is 637 g/mol. The lowest BCUT2D eigenvalue weighted by atomic mass is 9.77. The molecule has 3 unspecified atom stereocenters. The first-order valence-electron chi connectivity index (χ1n) is 17.9. The molecule has 1 heteroatoms. The first-order chi connectivity index (χ1) is 23.0. The van der Waals surface area contributed by atoms with Gasteiger partial charge < -0.3 is 5.32 Å². The van der Waals surface area contributed by atoms with Crippen LogP contribution in [0.25, 0.3) is 0 Å². The number of allylic oxidation sites excluding steroid dienone is 14. The van der Waals surface area contributed by atoms with E-state index in [9.17, 15) is 0 Å². The maximum Gasteiger partial charge on any atom is 0.0354 e. The Labute approximate surface area is 293 Å². The second-order valence-electron chi connectivity index (χ2n) is 14.9. The van der Waals surface area contributed by atoms with Crippen LogP contribution in [0.5, 0.6) is 0 Å². The third kappa shape index (κ3) is 10.3. The van der Waals surface area contributed by atoms with Crippen LogP contribution >= 0.6 is 0 Å². The number of aryl methyl sites for hydroxylation is 1. The zero-order chi connectivity index (χ0) is 34.6. The number of nitrogens with one attached hydrogen (secondary N) is 1. The van der Waals surface area contributed by atoms with Crippen molar-refractivity contribution in [3.05, 3.63) is 179 Å². The fourth-order valence-electron chi connectivity index (χ4n) is 6.76. The van der Waals surface area contributed by atoms with Gasteiger partial charge in [0.05, 0.1) is 0 Å². The van der Waals surface area contributed by atoms with E-state index >= 15 is 0 Å². The highest BCUT2D eigenvalue weighted by molar-refractivity contribution is 5.41. The molecule has 0 radical (unpaired) electrons. The van der Waals surface area contributed by atoms with Gasteiger partial charge in [0, 0.05) is 12.0 Å². The van der Waals surface area contributed by atoms with Crippen molar-refractivity contribution in [2.24, 2.45) is 11.8 Å². The Morgan fingerprint density at radius 3 is 2.50 bits per heavy atom. The Bertz CT molecular complexity index is 1610. The molecule has 1 nitrogen and oxygen atoms in total. The molecule has 2 aliphatic carbocycles. The summed E-state index contributed by atoms with van der Waals surface area (Å²) in [6, 6.07) is 18.2. The minimum atomic E-state index is 0.108. The Balaban J connectivity index is 1.48. The van der Waals surface area contributed by atoms with Crippen LogP contribution in [0.2, 0.25) is 0 Å². The van der Waals surface area contributed by atoms with Crippen LogP contribution in [0.3, 0.4) is 0 Å². The minimum absolute atomic E-state index is 0.108. The van der Waals surface area contributed by atoms with Crippen LogP contribution in [-0.2, 0) is 23.7 Å². The van der Waals surface area contributed by atoms with Gasteiger partial charge in [0.1, 0.15) is 0 Å². The van der Waals surface area contributed by atoms with Gasteiger partial charge in [-0.15, -0.1) is 0 Å². The standard InChI is InChI=1S/C47H59N/c1-36(21-13-12-20-33-46(4,5)41-23-15-11-16-24-41)37(2)28-32-42(43-25-17-18-26-45(43)48-8)38(3)27-29-39-30-31-40-22-14-9-10-19-34-47(6,7)44(40)35-39/h9-21,23-26,28,30-32,35,37,43,45,48H,1,22,27,29,33-34H2,2-8H3/b14-9-,19-10-,20-12-,21-13-,32-28+,42-38+. The summed E-state index contributed by atoms with van der Waals surface area (Å²) in [4.78, 5) is 0. The highest BCUT2D eigenvalue weighted by Crippen LogP contribution is 2.34. The van der Waals surface area contributed by atoms with E-state index in [-0.39, 0.29) is 22.8 Å². The van der Waals surface area contributed by atoms with Crippen LogP contribution in [0.1, 0.15) is 83.1 Å². The SMILES string of the molecule is C=C(/C=C\C=C/CC(C)(C)c1ccccc1)C(C)/C=C/C(=C(/C)CCc1ccc2c(c1)C(C)(C)C/C=C\C=C/C2)C1C=CC=CC1NC. The van der Waals surface area contributed by atoms with Crippen molar-refractivity contribution in [3.63, 3.8) is 0 Å². The first kappa shape index (κ1) is 36.9. The largest absolute Gasteiger partial charge is 0.313 e. The van der Waals surface area contributed by atoms with Gasteiger partial charge in [-0.25, -0.2) is 0 Å². The zero-order valence-corrected chi connectivity index (χ0v) is 30.7. The van der Waals surface area contributed by atoms with E-state index < -0.39 is 0 Å². The van der Waals surface area contributed by atoms with Gasteiger partial charge in [0.25, 0.3) is 0 Å². The van der Waals surface area contributed by atoms with Crippen molar-refractivity contribution >= 4 is 0 Å². The normalized spacial score (nSPS) is 21.8. The average Bonchev–Trinajstić information content (AvgIpc) is 3.16. The van der Waals surface area contributed by atoms with E-state index in [4.69, 9.17) is 0 Å². The van der Waals surface area contributed by atoms with Crippen molar-refractivity contribution in [1.29, 1.82) is 0 Å². The molecule has 1 N–H and O–H groups in total. The zero-order valence-electron chi connectivity index (χ0n) is 30.7. The summed E-state index contributed by atoms with van der Waals surface area (Å²) in [5.41, 5.74) is 9.92. The van der Waals surface area contributed by atoms with Gasteiger partial charge >= 0.3 is 0 Å². The molecule has 3 atom stereocenters. The predicted octanol–water partition coefficient (Wildman–Crippen LogP) is 11.8. The lowest BCUT2D eigenvalue weighted by molar-refractivity contribution is 0.529. The van der Waals surface area contributed by atoms with E-state index in [1.54, 1.807) is 0 Å². The Kier molecular flexibility index (Phi) is 13.4. The Morgan fingerprint density at radius 1 is 0.979 bits per heavy atom. The summed E-state index contributed by atoms with van der Waals surface area (Å²) in [5.74, 6) is 0.526. The minimum Gasteiger partial charge on any atom is -0.313 e. The van der Waals surface area contributed by atoms with Gasteiger partial charge in [-0.2, -0.15) is 0 Å². The second-order valence-corrected chi connectivity index (χ2v) is 14.9. The van der Waals surface area contributed by atoms with Crippen molar-refractivity contribution in [1.82, 2.24) is 5.32 Å². The van der Waals surface area contributed by atoms with E-state index in [1.807, 2.05) is 0 Å². The van der Waals surface area contributed by atoms with Gasteiger partial charge in [-0.05, 0) is 96.2 Å². The van der Waals surface area contributed by atoms with Crippen LogP contribution in [0.4, 0.5) is 0 Å². The molecule has 48 heavy (non-hydrogen) atoms. The van der Waals surface area contributed by atoms with Crippen LogP contribution in [-0.4, -0.2) is 13.1 Å². The summed E-state index contributed by atoms with van der Waals surface area (Å²) >= 11 is 0. The third-order valence-electron chi connectivity index (χ3n) is 10.3. The summed E-state index contributed by atoms with van der Waals surface area (Å²) in [5, 5.41) is 3.54. The molecule has 0 aliphatic heterocycles. The second kappa shape index (κ2) is 17.5. The number of hydrogen-bond acceptors (Lipinski definition) is 1. The van der Waals surface area contributed by atoms with Gasteiger partial charge in [0.15, 0.2) is 0 Å². The van der Waals surface area contributed by atoms with E-state index in [2.05, 4.69) is 194 Å². The molecule has 252 valence electrons. The molecule has 0 saturated carbocycles. The molecular formula is C47H59N. The van der Waals surface area contributed by atoms with Gasteiger partial charge in [-0.3, -0.25) is 0 Å². The number of fused-ring (bicyclic) bond motifs is 1. The highest BCUT2D eigenvalue weighted by atomic mass is 14.9. The van der Waals surface area contributed by atoms with E-state index in [0.717, 1.165) is 37.7 Å². The highest BCUT2D eigenvalue weighted by Gasteiger charge is 2.24. The lowest BCUT2D eigenvalue weighted by Gasteiger charge is -2.28. The lowest BCUT2D eigenvalue weighted by Crippen LogP contribution is -2.33. The topological polar surface area (TPSA) is 12.0 Å². The molecule has 2 aromatic carbocycles. The molecular weight excluding hydrogens is 579 g/mol. The van der Waals surface area contributed by atoms with Gasteiger partial charge in [0.2, 0.25) is 0 Å². The molecule has 0 heterocycles. The fraction of sp³-hybridized carbons (Fsp3) is 0.362. The first-order valence-corrected chi connectivity index (χ1v) is 17.9. The van der Waals surface area contributed by atoms with Gasteiger partial charge in [-0.1, -0.05) is 180 Å². The van der Waals surface area contributed by atoms with Crippen molar-refractivity contribution in [2.45, 2.75) is 90.5 Å². The maximum atomic E-state index is 4.42. The van der Waals surface area contributed by atoms with Crippen LogP contribution in [0.15, 0.2) is 157 Å². The summed E-state index contributed by atoms with van der Waals surface area (Å²) in [7, 11) is 2.06. The quantitative estimate of drug-likeness (QED) is 0.216. The van der Waals surface area contributed by atoms with Crippen molar-refractivity contribution < 1.29 is 0 Å². The summed E-state index contributed by atoms with van der Waals surface area (Å²) in [6.45, 7) is 18.4. The van der Waals surface area contributed by atoms with Crippen molar-refractivity contribution in [3.8, 4) is 0 Å². The molecule has 4 rings (SSSR count). The molecule has 0 amide bonds. The fourth-order valence-corrected chi connectivity index (χ4v) is 6.76. The van der Waals surface area contributed by atoms with Crippen molar-refractivity contribution in [2.75, 3.05) is 7.05 Å². The Hall–Kier alpha value is -3.94. The van der Waals surface area contributed by atoms with Crippen LogP contribution < -0.4 is 5.32 Å². The summed E-state index contributed by atoms with van der Waals surface area (Å²) in [6.07, 6.45) is 36.5. The van der Waals surface area contributed by atoms with E-state index in [0.29, 0.717) is 5.92 Å². The average molecular weight is 638 g/mol. The van der Waals surface area contributed by atoms with E-state index in [1.165, 1.54) is 33.4 Å². The number of rotatable bonds is 13. The molecule has 2 aromatic rings.